The highest BCUT2D eigenvalue weighted by Gasteiger charge is 2.43. The van der Waals surface area contributed by atoms with Crippen molar-refractivity contribution >= 4 is 40.7 Å². The van der Waals surface area contributed by atoms with Gasteiger partial charge in [-0.3, -0.25) is 18.7 Å². The van der Waals surface area contributed by atoms with Gasteiger partial charge in [-0.05, 0) is 24.1 Å². The molecule has 44 heavy (non-hydrogen) atoms. The SMILES string of the molecule is COC(C)=O.O=C(On1c(=O)n(CCc2ccccc2)c(=O)c2c1nc(N1CCNCC1)n2-c1ccccc1Cl)C(F)(F)F. The number of esters is 1. The van der Waals surface area contributed by atoms with Crippen molar-refractivity contribution in [3.63, 3.8) is 0 Å². The van der Waals surface area contributed by atoms with Gasteiger partial charge in [0.15, 0.2) is 5.52 Å². The Morgan fingerprint density at radius 1 is 1.02 bits per heavy atom. The first-order valence-corrected chi connectivity index (χ1v) is 13.7. The van der Waals surface area contributed by atoms with Crippen LogP contribution in [0.2, 0.25) is 5.02 Å². The van der Waals surface area contributed by atoms with Crippen LogP contribution in [-0.4, -0.2) is 70.3 Å². The van der Waals surface area contributed by atoms with Gasteiger partial charge in [0.1, 0.15) is 0 Å². The third-order valence-corrected chi connectivity index (χ3v) is 6.86. The number of methoxy groups -OCH3 is 1. The van der Waals surface area contributed by atoms with Crippen LogP contribution < -0.4 is 26.3 Å². The van der Waals surface area contributed by atoms with E-state index in [1.807, 2.05) is 0 Å². The average Bonchev–Trinajstić information content (AvgIpc) is 3.40. The number of ether oxygens (including phenoxy) is 1. The molecule has 1 aliphatic rings. The number of nitrogens with one attached hydrogen (secondary N) is 1. The van der Waals surface area contributed by atoms with Gasteiger partial charge in [-0.25, -0.2) is 9.59 Å². The van der Waals surface area contributed by atoms with Gasteiger partial charge in [0.05, 0.1) is 17.8 Å². The van der Waals surface area contributed by atoms with Gasteiger partial charge in [0.2, 0.25) is 11.6 Å². The molecule has 0 bridgehead atoms. The summed E-state index contributed by atoms with van der Waals surface area (Å²) >= 11 is 6.48. The molecule has 0 amide bonds. The summed E-state index contributed by atoms with van der Waals surface area (Å²) in [5.74, 6) is -2.71. The summed E-state index contributed by atoms with van der Waals surface area (Å²) in [6.45, 7) is 3.20. The maximum atomic E-state index is 13.9. The maximum Gasteiger partial charge on any atom is 0.493 e. The number of para-hydroxylation sites is 1. The Labute approximate surface area is 253 Å². The molecule has 0 saturated carbocycles. The van der Waals surface area contributed by atoms with Gasteiger partial charge < -0.3 is 19.8 Å². The average molecular weight is 637 g/mol. The summed E-state index contributed by atoms with van der Waals surface area (Å²) in [4.78, 5) is 59.4. The molecule has 1 saturated heterocycles. The number of fused-ring (bicyclic) bond motifs is 1. The van der Waals surface area contributed by atoms with Crippen LogP contribution in [0.1, 0.15) is 12.5 Å². The topological polar surface area (TPSA) is 130 Å². The summed E-state index contributed by atoms with van der Waals surface area (Å²) in [5.41, 5.74) is -1.79. The van der Waals surface area contributed by atoms with Crippen LogP contribution in [0.3, 0.4) is 0 Å². The van der Waals surface area contributed by atoms with E-state index in [0.717, 1.165) is 10.1 Å². The first kappa shape index (κ1) is 32.3. The number of nitrogens with zero attached hydrogens (tertiary/aromatic N) is 5. The van der Waals surface area contributed by atoms with Crippen molar-refractivity contribution in [1.82, 2.24) is 24.2 Å². The summed E-state index contributed by atoms with van der Waals surface area (Å²) in [7, 11) is 1.35. The molecular weight excluding hydrogens is 609 g/mol. The lowest BCUT2D eigenvalue weighted by molar-refractivity contribution is -0.200. The highest BCUT2D eigenvalue weighted by molar-refractivity contribution is 6.32. The maximum absolute atomic E-state index is 13.9. The van der Waals surface area contributed by atoms with Crippen LogP contribution in [0.25, 0.3) is 16.9 Å². The van der Waals surface area contributed by atoms with Crippen molar-refractivity contribution in [2.24, 2.45) is 0 Å². The number of halogens is 4. The fourth-order valence-electron chi connectivity index (χ4n) is 4.38. The lowest BCUT2D eigenvalue weighted by Gasteiger charge is -2.28. The van der Waals surface area contributed by atoms with Crippen molar-refractivity contribution < 1.29 is 32.3 Å². The summed E-state index contributed by atoms with van der Waals surface area (Å²) < 4.78 is 45.9. The van der Waals surface area contributed by atoms with Crippen LogP contribution in [0, 0.1) is 0 Å². The molecule has 2 aromatic heterocycles. The Morgan fingerprint density at radius 3 is 2.23 bits per heavy atom. The van der Waals surface area contributed by atoms with Crippen LogP contribution in [0.5, 0.6) is 0 Å². The standard InChI is InChI=1S/C25H22ClF3N6O4.C3H6O2/c26-17-8-4-5-9-18(17)34-19-20(31-23(34)32-14-11-30-12-15-32)35(39-22(37)25(27,28)29)24(38)33(21(19)36)13-10-16-6-2-1-3-7-16;1-3(4)5-2/h1-9,30H,10-15H2;1-2H3. The normalized spacial score (nSPS) is 13.3. The number of aromatic nitrogens is 4. The van der Waals surface area contributed by atoms with Gasteiger partial charge in [-0.2, -0.15) is 18.2 Å². The quantitative estimate of drug-likeness (QED) is 0.317. The Hall–Kier alpha value is -4.63. The first-order chi connectivity index (χ1) is 20.9. The monoisotopic (exact) mass is 636 g/mol. The molecule has 16 heteroatoms. The largest absolute Gasteiger partial charge is 0.493 e. The van der Waals surface area contributed by atoms with E-state index < -0.39 is 29.0 Å². The molecular formula is C28H28ClF3N6O6. The van der Waals surface area contributed by atoms with Crippen LogP contribution >= 0.6 is 11.6 Å². The summed E-state index contributed by atoms with van der Waals surface area (Å²) in [6, 6.07) is 15.4. The Bertz CT molecular complexity index is 1760. The molecule has 234 valence electrons. The number of anilines is 1. The minimum atomic E-state index is -5.40. The van der Waals surface area contributed by atoms with E-state index in [4.69, 9.17) is 11.6 Å². The van der Waals surface area contributed by atoms with Gasteiger partial charge >= 0.3 is 23.8 Å². The number of alkyl halides is 3. The molecule has 0 spiro atoms. The Morgan fingerprint density at radius 2 is 1.64 bits per heavy atom. The molecule has 1 N–H and O–H groups in total. The molecule has 0 unspecified atom stereocenters. The fourth-order valence-corrected chi connectivity index (χ4v) is 4.60. The van der Waals surface area contributed by atoms with E-state index in [9.17, 15) is 32.3 Å². The minimum Gasteiger partial charge on any atom is -0.469 e. The van der Waals surface area contributed by atoms with Crippen molar-refractivity contribution in [3.05, 3.63) is 86.0 Å². The minimum absolute atomic E-state index is 0.136. The molecule has 3 heterocycles. The summed E-state index contributed by atoms with van der Waals surface area (Å²) in [5, 5.41) is 3.41. The zero-order valence-corrected chi connectivity index (χ0v) is 24.4. The second-order valence-electron chi connectivity index (χ2n) is 9.45. The molecule has 2 aromatic carbocycles. The van der Waals surface area contributed by atoms with E-state index in [2.05, 4.69) is 19.9 Å². The van der Waals surface area contributed by atoms with Crippen molar-refractivity contribution in [2.75, 3.05) is 38.2 Å². The predicted octanol–water partition coefficient (Wildman–Crippen LogP) is 2.35. The van der Waals surface area contributed by atoms with E-state index in [1.165, 1.54) is 18.6 Å². The highest BCUT2D eigenvalue weighted by Crippen LogP contribution is 2.29. The molecule has 12 nitrogen and oxygen atoms in total. The van der Waals surface area contributed by atoms with Crippen LogP contribution in [-0.2, 0) is 27.3 Å². The molecule has 0 aliphatic carbocycles. The van der Waals surface area contributed by atoms with E-state index in [1.54, 1.807) is 59.5 Å². The second kappa shape index (κ2) is 13.8. The lowest BCUT2D eigenvalue weighted by atomic mass is 10.1. The van der Waals surface area contributed by atoms with Crippen molar-refractivity contribution in [1.29, 1.82) is 0 Å². The number of carbonyl (C=O) groups excluding carboxylic acids is 2. The predicted molar refractivity (Wildman–Crippen MR) is 155 cm³/mol. The third-order valence-electron chi connectivity index (χ3n) is 6.54. The zero-order valence-electron chi connectivity index (χ0n) is 23.6. The van der Waals surface area contributed by atoms with Gasteiger partial charge in [-0.1, -0.05) is 58.8 Å². The highest BCUT2D eigenvalue weighted by atomic mass is 35.5. The van der Waals surface area contributed by atoms with Gasteiger partial charge in [0, 0.05) is 39.6 Å². The fraction of sp³-hybridized carbons (Fsp3) is 0.321. The molecule has 5 rings (SSSR count). The zero-order chi connectivity index (χ0) is 32.0. The molecule has 1 fully saturated rings. The van der Waals surface area contributed by atoms with Gasteiger partial charge in [-0.15, -0.1) is 0 Å². The smallest absolute Gasteiger partial charge is 0.469 e. The molecule has 4 aromatic rings. The van der Waals surface area contributed by atoms with E-state index in [0.29, 0.717) is 31.9 Å². The third kappa shape index (κ3) is 7.11. The first-order valence-electron chi connectivity index (χ1n) is 13.3. The summed E-state index contributed by atoms with van der Waals surface area (Å²) in [6.07, 6.45) is -5.19. The number of benzene rings is 2. The van der Waals surface area contributed by atoms with Crippen LogP contribution in [0.4, 0.5) is 19.1 Å². The second-order valence-corrected chi connectivity index (χ2v) is 9.86. The number of imidazole rings is 1. The number of piperazine rings is 1. The van der Waals surface area contributed by atoms with E-state index >= 15 is 0 Å². The number of hydrogen-bond donors (Lipinski definition) is 1. The molecule has 1 aliphatic heterocycles. The number of aryl methyl sites for hydroxylation is 1. The lowest BCUT2D eigenvalue weighted by Crippen LogP contribution is -2.46. The van der Waals surface area contributed by atoms with Gasteiger partial charge in [0.25, 0.3) is 5.56 Å². The Kier molecular flexibility index (Phi) is 10.1. The molecule has 0 atom stereocenters. The number of rotatable bonds is 6. The van der Waals surface area contributed by atoms with Crippen LogP contribution in [0.15, 0.2) is 64.2 Å². The van der Waals surface area contributed by atoms with Crippen molar-refractivity contribution in [2.45, 2.75) is 26.1 Å². The number of hydrogen-bond acceptors (Lipinski definition) is 9. The number of carbonyl (C=O) groups is 2. The molecule has 0 radical (unpaired) electrons. The van der Waals surface area contributed by atoms with Crippen molar-refractivity contribution in [3.8, 4) is 5.69 Å². The van der Waals surface area contributed by atoms with E-state index in [-0.39, 0.29) is 40.2 Å². The Balaban J connectivity index is 0.000000818.